The van der Waals surface area contributed by atoms with Crippen molar-refractivity contribution >= 4 is 6.03 Å². The number of amides is 2. The Balaban J connectivity index is 2.78. The fraction of sp³-hybridized carbons (Fsp3) is 0.588. The fourth-order valence-electron chi connectivity index (χ4n) is 2.51. The van der Waals surface area contributed by atoms with Crippen LogP contribution < -0.4 is 15.4 Å². The molecule has 0 aromatic heterocycles. The van der Waals surface area contributed by atoms with E-state index in [0.29, 0.717) is 0 Å². The summed E-state index contributed by atoms with van der Waals surface area (Å²) < 4.78 is 5.35. The number of hydrogen-bond donors (Lipinski definition) is 3. The van der Waals surface area contributed by atoms with Gasteiger partial charge in [-0.05, 0) is 33.3 Å². The van der Waals surface area contributed by atoms with Crippen molar-refractivity contribution in [1.82, 2.24) is 10.6 Å². The van der Waals surface area contributed by atoms with E-state index >= 15 is 0 Å². The molecule has 0 fully saturated rings. The first-order valence-electron chi connectivity index (χ1n) is 7.69. The number of aryl methyl sites for hydroxylation is 1. The minimum absolute atomic E-state index is 0.0869. The minimum atomic E-state index is -0.602. The Morgan fingerprint density at radius 3 is 2.68 bits per heavy atom. The van der Waals surface area contributed by atoms with E-state index in [4.69, 9.17) is 4.74 Å². The van der Waals surface area contributed by atoms with Crippen LogP contribution in [-0.2, 0) is 0 Å². The molecule has 0 radical (unpaired) electrons. The van der Waals surface area contributed by atoms with Crippen molar-refractivity contribution < 1.29 is 14.6 Å². The Morgan fingerprint density at radius 2 is 2.14 bits per heavy atom. The summed E-state index contributed by atoms with van der Waals surface area (Å²) in [4.78, 5) is 12.2. The molecule has 0 aliphatic heterocycles. The number of carbonyl (C=O) groups is 1. The third kappa shape index (κ3) is 4.91. The molecule has 5 heteroatoms. The molecule has 1 aromatic rings. The van der Waals surface area contributed by atoms with Crippen molar-refractivity contribution in [2.24, 2.45) is 0 Å². The molecule has 0 aliphatic rings. The van der Waals surface area contributed by atoms with Crippen molar-refractivity contribution in [3.8, 4) is 5.75 Å². The van der Waals surface area contributed by atoms with Gasteiger partial charge in [0.15, 0.2) is 0 Å². The molecular formula is C17H28N2O3. The number of nitrogens with one attached hydrogen (secondary N) is 2. The van der Waals surface area contributed by atoms with Crippen LogP contribution in [0.1, 0.15) is 50.8 Å². The van der Waals surface area contributed by atoms with Gasteiger partial charge in [-0.1, -0.05) is 31.0 Å². The largest absolute Gasteiger partial charge is 0.496 e. The van der Waals surface area contributed by atoms with Crippen LogP contribution in [0.3, 0.4) is 0 Å². The lowest BCUT2D eigenvalue weighted by atomic mass is 9.97. The van der Waals surface area contributed by atoms with Crippen molar-refractivity contribution in [2.45, 2.75) is 52.1 Å². The van der Waals surface area contributed by atoms with Gasteiger partial charge in [0.25, 0.3) is 0 Å². The molecule has 0 spiro atoms. The van der Waals surface area contributed by atoms with Crippen LogP contribution >= 0.6 is 0 Å². The zero-order valence-electron chi connectivity index (χ0n) is 14.2. The molecule has 2 atom stereocenters. The summed E-state index contributed by atoms with van der Waals surface area (Å²) in [5.41, 5.74) is 1.43. The number of urea groups is 1. The predicted molar refractivity (Wildman–Crippen MR) is 88.2 cm³/mol. The highest BCUT2D eigenvalue weighted by Gasteiger charge is 2.25. The van der Waals surface area contributed by atoms with Gasteiger partial charge in [-0.3, -0.25) is 0 Å². The van der Waals surface area contributed by atoms with Crippen LogP contribution in [0.25, 0.3) is 0 Å². The second kappa shape index (κ2) is 8.03. The lowest BCUT2D eigenvalue weighted by Crippen LogP contribution is -2.52. The lowest BCUT2D eigenvalue weighted by molar-refractivity contribution is 0.162. The van der Waals surface area contributed by atoms with E-state index in [1.807, 2.05) is 45.9 Å². The van der Waals surface area contributed by atoms with Gasteiger partial charge in [0.05, 0.1) is 25.3 Å². The maximum absolute atomic E-state index is 12.2. The van der Waals surface area contributed by atoms with Crippen LogP contribution in [0, 0.1) is 6.92 Å². The zero-order valence-corrected chi connectivity index (χ0v) is 14.2. The third-order valence-corrected chi connectivity index (χ3v) is 3.77. The molecule has 1 aromatic carbocycles. The summed E-state index contributed by atoms with van der Waals surface area (Å²) in [5.74, 6) is 0.747. The number of benzene rings is 1. The van der Waals surface area contributed by atoms with Crippen molar-refractivity contribution in [1.29, 1.82) is 0 Å². The van der Waals surface area contributed by atoms with E-state index in [9.17, 15) is 9.90 Å². The highest BCUT2D eigenvalue weighted by molar-refractivity contribution is 5.75. The molecule has 3 N–H and O–H groups in total. The number of carbonyl (C=O) groups excluding carboxylic acids is 1. The molecule has 0 bridgehead atoms. The summed E-state index contributed by atoms with van der Waals surface area (Å²) in [6.07, 6.45) is 1.61. The summed E-state index contributed by atoms with van der Waals surface area (Å²) in [6.45, 7) is 7.69. The fourth-order valence-corrected chi connectivity index (χ4v) is 2.51. The number of aliphatic hydroxyl groups excluding tert-OH is 1. The average Bonchev–Trinajstić information content (AvgIpc) is 2.47. The van der Waals surface area contributed by atoms with Gasteiger partial charge in [0.1, 0.15) is 5.75 Å². The van der Waals surface area contributed by atoms with E-state index in [1.54, 1.807) is 7.11 Å². The number of hydrogen-bond acceptors (Lipinski definition) is 3. The number of aliphatic hydroxyl groups is 1. The van der Waals surface area contributed by atoms with E-state index in [1.165, 1.54) is 0 Å². The molecular weight excluding hydrogens is 280 g/mol. The number of ether oxygens (including phenoxy) is 1. The normalized spacial score (nSPS) is 14.8. The van der Waals surface area contributed by atoms with Crippen molar-refractivity contribution in [2.75, 3.05) is 13.7 Å². The molecule has 0 saturated heterocycles. The summed E-state index contributed by atoms with van der Waals surface area (Å²) in [7, 11) is 1.62. The molecule has 124 valence electrons. The van der Waals surface area contributed by atoms with Crippen LogP contribution in [0.4, 0.5) is 4.79 Å². The Hall–Kier alpha value is -1.75. The molecule has 22 heavy (non-hydrogen) atoms. The second-order valence-electron chi connectivity index (χ2n) is 6.03. The Morgan fingerprint density at radius 1 is 1.45 bits per heavy atom. The molecule has 0 heterocycles. The first-order chi connectivity index (χ1) is 10.3. The molecule has 2 amide bonds. The highest BCUT2D eigenvalue weighted by Crippen LogP contribution is 2.26. The Bertz CT molecular complexity index is 505. The van der Waals surface area contributed by atoms with Crippen molar-refractivity contribution in [3.63, 3.8) is 0 Å². The van der Waals surface area contributed by atoms with Crippen LogP contribution in [-0.4, -0.2) is 30.4 Å². The van der Waals surface area contributed by atoms with Gasteiger partial charge in [-0.2, -0.15) is 0 Å². The van der Waals surface area contributed by atoms with Gasteiger partial charge in [-0.15, -0.1) is 0 Å². The van der Waals surface area contributed by atoms with Crippen molar-refractivity contribution in [3.05, 3.63) is 29.3 Å². The predicted octanol–water partition coefficient (Wildman–Crippen LogP) is 2.91. The minimum Gasteiger partial charge on any atom is -0.496 e. The quantitative estimate of drug-likeness (QED) is 0.725. The standard InChI is InChI=1S/C17H28N2O3/c1-6-9-17(4,11-20)19-16(21)18-13(3)14-10-12(2)7-8-15(14)22-5/h7-8,10,13,20H,6,9,11H2,1-5H3,(H2,18,19,21). The van der Waals surface area contributed by atoms with Crippen LogP contribution in [0.2, 0.25) is 0 Å². The monoisotopic (exact) mass is 308 g/mol. The molecule has 2 unspecified atom stereocenters. The maximum atomic E-state index is 12.2. The van der Waals surface area contributed by atoms with Crippen LogP contribution in [0.5, 0.6) is 5.75 Å². The van der Waals surface area contributed by atoms with Gasteiger partial charge in [-0.25, -0.2) is 4.79 Å². The smallest absolute Gasteiger partial charge is 0.315 e. The molecule has 0 saturated carbocycles. The van der Waals surface area contributed by atoms with Gasteiger partial charge < -0.3 is 20.5 Å². The maximum Gasteiger partial charge on any atom is 0.315 e. The first-order valence-corrected chi connectivity index (χ1v) is 7.69. The number of methoxy groups -OCH3 is 1. The average molecular weight is 308 g/mol. The summed E-state index contributed by atoms with van der Waals surface area (Å²) in [5, 5.41) is 15.2. The summed E-state index contributed by atoms with van der Waals surface area (Å²) >= 11 is 0. The van der Waals surface area contributed by atoms with Gasteiger partial charge in [0, 0.05) is 5.56 Å². The Labute approximate surface area is 133 Å². The van der Waals surface area contributed by atoms with Gasteiger partial charge in [0.2, 0.25) is 0 Å². The molecule has 0 aliphatic carbocycles. The van der Waals surface area contributed by atoms with E-state index in [2.05, 4.69) is 10.6 Å². The zero-order chi connectivity index (χ0) is 16.8. The highest BCUT2D eigenvalue weighted by atomic mass is 16.5. The van der Waals surface area contributed by atoms with E-state index < -0.39 is 5.54 Å². The van der Waals surface area contributed by atoms with Gasteiger partial charge >= 0.3 is 6.03 Å². The third-order valence-electron chi connectivity index (χ3n) is 3.77. The topological polar surface area (TPSA) is 70.6 Å². The molecule has 5 nitrogen and oxygen atoms in total. The SMILES string of the molecule is CCCC(C)(CO)NC(=O)NC(C)c1cc(C)ccc1OC. The number of rotatable bonds is 7. The van der Waals surface area contributed by atoms with E-state index in [0.717, 1.165) is 29.7 Å². The second-order valence-corrected chi connectivity index (χ2v) is 6.03. The first kappa shape index (κ1) is 18.3. The van der Waals surface area contributed by atoms with Crippen LogP contribution in [0.15, 0.2) is 18.2 Å². The lowest BCUT2D eigenvalue weighted by Gasteiger charge is -2.29. The summed E-state index contributed by atoms with van der Waals surface area (Å²) in [6, 6.07) is 5.39. The Kier molecular flexibility index (Phi) is 6.68. The molecule has 1 rings (SSSR count). The van der Waals surface area contributed by atoms with E-state index in [-0.39, 0.29) is 18.7 Å².